The fraction of sp³-hybridized carbons (Fsp3) is 0.143. The van der Waals surface area contributed by atoms with Gasteiger partial charge in [0.1, 0.15) is 11.5 Å². The molecule has 2 aromatic rings. The summed E-state index contributed by atoms with van der Waals surface area (Å²) in [5, 5.41) is 8.79. The number of hydrogen-bond acceptors (Lipinski definition) is 2. The van der Waals surface area contributed by atoms with Gasteiger partial charge in [-0.15, -0.1) is 0 Å². The topological polar surface area (TPSA) is 50.2 Å². The average molecular weight is 299 g/mol. The summed E-state index contributed by atoms with van der Waals surface area (Å²) < 4.78 is 51.6. The lowest BCUT2D eigenvalue weighted by atomic mass is 10.0. The van der Waals surface area contributed by atoms with Crippen LogP contribution in [0.15, 0.2) is 36.4 Å². The van der Waals surface area contributed by atoms with E-state index in [0.717, 1.165) is 12.1 Å². The fourth-order valence-electron chi connectivity index (χ4n) is 1.86. The van der Waals surface area contributed by atoms with E-state index in [4.69, 9.17) is 5.11 Å². The molecule has 0 saturated heterocycles. The minimum Gasteiger partial charge on any atom is -0.481 e. The Morgan fingerprint density at radius 2 is 1.76 bits per heavy atom. The van der Waals surface area contributed by atoms with E-state index in [-0.39, 0.29) is 16.8 Å². The zero-order valence-electron chi connectivity index (χ0n) is 10.5. The molecular formula is C14H9F4NO2. The van der Waals surface area contributed by atoms with Crippen molar-refractivity contribution >= 4 is 5.97 Å². The molecular weight excluding hydrogens is 290 g/mol. The summed E-state index contributed by atoms with van der Waals surface area (Å²) in [6.07, 6.45) is -5.42. The average Bonchev–Trinajstić information content (AvgIpc) is 2.38. The summed E-state index contributed by atoms with van der Waals surface area (Å²) >= 11 is 0. The van der Waals surface area contributed by atoms with Gasteiger partial charge in [-0.3, -0.25) is 4.79 Å². The van der Waals surface area contributed by atoms with E-state index in [2.05, 4.69) is 4.98 Å². The number of rotatable bonds is 3. The van der Waals surface area contributed by atoms with Gasteiger partial charge >= 0.3 is 12.1 Å². The van der Waals surface area contributed by atoms with E-state index in [1.807, 2.05) is 0 Å². The van der Waals surface area contributed by atoms with Crippen LogP contribution >= 0.6 is 0 Å². The van der Waals surface area contributed by atoms with Gasteiger partial charge in [-0.1, -0.05) is 24.3 Å². The summed E-state index contributed by atoms with van der Waals surface area (Å²) in [5.74, 6) is -2.01. The molecule has 21 heavy (non-hydrogen) atoms. The van der Waals surface area contributed by atoms with E-state index in [9.17, 15) is 22.4 Å². The van der Waals surface area contributed by atoms with Gasteiger partial charge in [0.2, 0.25) is 0 Å². The van der Waals surface area contributed by atoms with Crippen LogP contribution in [0.1, 0.15) is 11.4 Å². The quantitative estimate of drug-likeness (QED) is 0.882. The molecule has 0 spiro atoms. The van der Waals surface area contributed by atoms with Crippen LogP contribution in [0.2, 0.25) is 0 Å². The Labute approximate surface area is 116 Å². The molecule has 0 saturated carbocycles. The van der Waals surface area contributed by atoms with Gasteiger partial charge in [0.25, 0.3) is 0 Å². The first-order chi connectivity index (χ1) is 9.79. The number of alkyl halides is 3. The lowest BCUT2D eigenvalue weighted by Gasteiger charge is -2.12. The predicted octanol–water partition coefficient (Wildman–Crippen LogP) is 3.53. The lowest BCUT2D eigenvalue weighted by molar-refractivity contribution is -0.142. The first-order valence-electron chi connectivity index (χ1n) is 5.83. The molecule has 7 heteroatoms. The smallest absolute Gasteiger partial charge is 0.433 e. The van der Waals surface area contributed by atoms with Crippen LogP contribution in [0.4, 0.5) is 17.6 Å². The highest BCUT2D eigenvalue weighted by Gasteiger charge is 2.33. The standard InChI is InChI=1S/C14H9F4NO2/c15-10-4-2-1-3-8(10)9-5-6-12(14(16,17)18)19-11(9)7-13(20)21/h1-6H,7H2,(H,20,21). The van der Waals surface area contributed by atoms with Crippen LogP contribution < -0.4 is 0 Å². The Hall–Kier alpha value is -2.44. The molecule has 0 atom stereocenters. The second-order valence-electron chi connectivity index (χ2n) is 4.24. The molecule has 1 heterocycles. The lowest BCUT2D eigenvalue weighted by Crippen LogP contribution is -2.12. The minimum absolute atomic E-state index is 0.00924. The summed E-state index contributed by atoms with van der Waals surface area (Å²) in [7, 11) is 0. The van der Waals surface area contributed by atoms with E-state index < -0.39 is 30.1 Å². The highest BCUT2D eigenvalue weighted by molar-refractivity contribution is 5.75. The van der Waals surface area contributed by atoms with Gasteiger partial charge in [0, 0.05) is 11.1 Å². The van der Waals surface area contributed by atoms with Crippen molar-refractivity contribution in [3.63, 3.8) is 0 Å². The normalized spacial score (nSPS) is 11.4. The SMILES string of the molecule is O=C(O)Cc1nc(C(F)(F)F)ccc1-c1ccccc1F. The molecule has 1 aromatic carbocycles. The number of carboxylic acids is 1. The number of halogens is 4. The van der Waals surface area contributed by atoms with Crippen molar-refractivity contribution in [2.75, 3.05) is 0 Å². The Balaban J connectivity index is 2.60. The van der Waals surface area contributed by atoms with E-state index in [0.29, 0.717) is 6.07 Å². The third kappa shape index (κ3) is 3.36. The van der Waals surface area contributed by atoms with Crippen LogP contribution in [0, 0.1) is 5.82 Å². The molecule has 2 rings (SSSR count). The molecule has 0 unspecified atom stereocenters. The number of carboxylic acid groups (broad SMARTS) is 1. The number of nitrogens with zero attached hydrogens (tertiary/aromatic N) is 1. The van der Waals surface area contributed by atoms with Crippen molar-refractivity contribution in [2.45, 2.75) is 12.6 Å². The molecule has 1 N–H and O–H groups in total. The molecule has 0 aliphatic rings. The third-order valence-electron chi connectivity index (χ3n) is 2.75. The van der Waals surface area contributed by atoms with E-state index in [1.54, 1.807) is 0 Å². The molecule has 0 amide bonds. The van der Waals surface area contributed by atoms with Crippen molar-refractivity contribution in [3.05, 3.63) is 53.6 Å². The monoisotopic (exact) mass is 299 g/mol. The number of aromatic nitrogens is 1. The predicted molar refractivity (Wildman–Crippen MR) is 66.0 cm³/mol. The van der Waals surface area contributed by atoms with Gasteiger partial charge in [-0.05, 0) is 12.1 Å². The Kier molecular flexibility index (Phi) is 3.93. The second-order valence-corrected chi connectivity index (χ2v) is 4.24. The van der Waals surface area contributed by atoms with Gasteiger partial charge in [-0.2, -0.15) is 13.2 Å². The van der Waals surface area contributed by atoms with E-state index >= 15 is 0 Å². The van der Waals surface area contributed by atoms with Crippen molar-refractivity contribution in [2.24, 2.45) is 0 Å². The van der Waals surface area contributed by atoms with Crippen molar-refractivity contribution in [1.82, 2.24) is 4.98 Å². The maximum Gasteiger partial charge on any atom is 0.433 e. The summed E-state index contributed by atoms with van der Waals surface area (Å²) in [6, 6.07) is 7.15. The minimum atomic E-state index is -4.69. The Bertz CT molecular complexity index is 683. The van der Waals surface area contributed by atoms with Crippen LogP contribution in [-0.2, 0) is 17.4 Å². The molecule has 3 nitrogen and oxygen atoms in total. The number of carbonyl (C=O) groups is 1. The van der Waals surface area contributed by atoms with Crippen molar-refractivity contribution < 1.29 is 27.5 Å². The molecule has 0 radical (unpaired) electrons. The number of benzene rings is 1. The van der Waals surface area contributed by atoms with Gasteiger partial charge in [-0.25, -0.2) is 9.37 Å². The first kappa shape index (κ1) is 15.0. The highest BCUT2D eigenvalue weighted by Crippen LogP contribution is 2.32. The van der Waals surface area contributed by atoms with Crippen LogP contribution in [0.25, 0.3) is 11.1 Å². The number of pyridine rings is 1. The van der Waals surface area contributed by atoms with Crippen LogP contribution in [-0.4, -0.2) is 16.1 Å². The van der Waals surface area contributed by atoms with Crippen molar-refractivity contribution in [3.8, 4) is 11.1 Å². The molecule has 1 aromatic heterocycles. The summed E-state index contributed by atoms with van der Waals surface area (Å²) in [5.41, 5.74) is -1.50. The van der Waals surface area contributed by atoms with Crippen LogP contribution in [0.5, 0.6) is 0 Å². The van der Waals surface area contributed by atoms with Crippen LogP contribution in [0.3, 0.4) is 0 Å². The summed E-state index contributed by atoms with van der Waals surface area (Å²) in [6.45, 7) is 0. The molecule has 0 aliphatic heterocycles. The van der Waals surface area contributed by atoms with Gasteiger partial charge in [0.05, 0.1) is 12.1 Å². The van der Waals surface area contributed by atoms with Crippen molar-refractivity contribution in [1.29, 1.82) is 0 Å². The fourth-order valence-corrected chi connectivity index (χ4v) is 1.86. The third-order valence-corrected chi connectivity index (χ3v) is 2.75. The summed E-state index contributed by atoms with van der Waals surface area (Å²) in [4.78, 5) is 14.1. The molecule has 0 bridgehead atoms. The Morgan fingerprint density at radius 3 is 2.33 bits per heavy atom. The maximum absolute atomic E-state index is 13.7. The van der Waals surface area contributed by atoms with E-state index in [1.165, 1.54) is 18.2 Å². The largest absolute Gasteiger partial charge is 0.481 e. The molecule has 0 fully saturated rings. The first-order valence-corrected chi connectivity index (χ1v) is 5.83. The highest BCUT2D eigenvalue weighted by atomic mass is 19.4. The Morgan fingerprint density at radius 1 is 1.10 bits per heavy atom. The zero-order chi connectivity index (χ0) is 15.6. The van der Waals surface area contributed by atoms with Gasteiger partial charge < -0.3 is 5.11 Å². The number of hydrogen-bond donors (Lipinski definition) is 1. The zero-order valence-corrected chi connectivity index (χ0v) is 10.5. The molecule has 110 valence electrons. The number of aliphatic carboxylic acids is 1. The van der Waals surface area contributed by atoms with Gasteiger partial charge in [0.15, 0.2) is 0 Å². The molecule has 0 aliphatic carbocycles. The maximum atomic E-state index is 13.7. The second kappa shape index (κ2) is 5.51.